The van der Waals surface area contributed by atoms with Gasteiger partial charge in [0, 0.05) is 7.05 Å². The minimum atomic E-state index is -4.60. The van der Waals surface area contributed by atoms with Gasteiger partial charge >= 0.3 is 6.18 Å². The zero-order chi connectivity index (χ0) is 14.6. The van der Waals surface area contributed by atoms with Crippen LogP contribution in [0.5, 0.6) is 0 Å². The summed E-state index contributed by atoms with van der Waals surface area (Å²) in [6.45, 7) is 1.91. The fourth-order valence-electron chi connectivity index (χ4n) is 1.29. The third-order valence-corrected chi connectivity index (χ3v) is 3.45. The number of alkyl halides is 3. The molecule has 0 saturated heterocycles. The molecule has 0 saturated carbocycles. The molecule has 1 aromatic rings. The Bertz CT molecular complexity index is 497. The number of hydrogen-bond acceptors (Lipinski definition) is 3. The highest BCUT2D eigenvalue weighted by Crippen LogP contribution is 2.30. The van der Waals surface area contributed by atoms with Crippen molar-refractivity contribution in [2.45, 2.75) is 13.1 Å². The van der Waals surface area contributed by atoms with Crippen LogP contribution >= 0.6 is 23.4 Å². The lowest BCUT2D eigenvalue weighted by Gasteiger charge is -2.05. The van der Waals surface area contributed by atoms with Gasteiger partial charge in [0.1, 0.15) is 5.03 Å². The Morgan fingerprint density at radius 3 is 2.74 bits per heavy atom. The van der Waals surface area contributed by atoms with Crippen molar-refractivity contribution in [3.63, 3.8) is 0 Å². The Hall–Kier alpha value is -0.950. The summed E-state index contributed by atoms with van der Waals surface area (Å²) < 4.78 is 38.2. The average Bonchev–Trinajstić information content (AvgIpc) is 2.67. The van der Waals surface area contributed by atoms with Gasteiger partial charge in [0.05, 0.1) is 17.6 Å². The number of ketones is 1. The molecule has 0 aliphatic rings. The normalized spacial score (nSPS) is 12.8. The Labute approximate surface area is 117 Å². The Balaban J connectivity index is 2.97. The number of halogens is 4. The van der Waals surface area contributed by atoms with Crippen molar-refractivity contribution >= 4 is 35.2 Å². The Morgan fingerprint density at radius 2 is 2.21 bits per heavy atom. The maximum absolute atomic E-state index is 12.3. The second kappa shape index (κ2) is 6.47. The van der Waals surface area contributed by atoms with Gasteiger partial charge < -0.3 is 4.57 Å². The van der Waals surface area contributed by atoms with Crippen LogP contribution in [-0.4, -0.2) is 33.0 Å². The van der Waals surface area contributed by atoms with Gasteiger partial charge in [-0.25, -0.2) is 4.98 Å². The summed E-state index contributed by atoms with van der Waals surface area (Å²) in [5, 5.41) is -1.25. The van der Waals surface area contributed by atoms with E-state index in [1.54, 1.807) is 0 Å². The monoisotopic (exact) mass is 312 g/mol. The lowest BCUT2D eigenvalue weighted by molar-refractivity contribution is -0.0836. The average molecular weight is 313 g/mol. The molecule has 8 heteroatoms. The van der Waals surface area contributed by atoms with Crippen molar-refractivity contribution < 1.29 is 18.0 Å². The molecule has 0 spiro atoms. The minimum absolute atomic E-state index is 0.124. The van der Waals surface area contributed by atoms with E-state index in [0.717, 1.165) is 11.8 Å². The molecule has 0 fully saturated rings. The first-order valence-corrected chi connectivity index (χ1v) is 6.87. The highest BCUT2D eigenvalue weighted by molar-refractivity contribution is 7.99. The van der Waals surface area contributed by atoms with Crippen molar-refractivity contribution in [3.8, 4) is 0 Å². The summed E-state index contributed by atoms with van der Waals surface area (Å²) in [7, 11) is 1.48. The molecule has 0 aliphatic carbocycles. The van der Waals surface area contributed by atoms with Crippen LogP contribution in [0.4, 0.5) is 13.2 Å². The van der Waals surface area contributed by atoms with Crippen LogP contribution in [0.2, 0.25) is 0 Å². The molecule has 1 rings (SSSR count). The number of allylic oxidation sites excluding steroid dienone is 1. The fraction of sp³-hybridized carbons (Fsp3) is 0.455. The molecule has 3 nitrogen and oxygen atoms in total. The van der Waals surface area contributed by atoms with Gasteiger partial charge in [-0.2, -0.15) is 24.9 Å². The van der Waals surface area contributed by atoms with Crippen molar-refractivity contribution in [2.24, 2.45) is 7.05 Å². The van der Waals surface area contributed by atoms with E-state index in [4.69, 9.17) is 11.6 Å². The quantitative estimate of drug-likeness (QED) is 0.781. The van der Waals surface area contributed by atoms with Gasteiger partial charge in [0.15, 0.2) is 5.82 Å². The predicted octanol–water partition coefficient (Wildman–Crippen LogP) is 3.50. The highest BCUT2D eigenvalue weighted by Gasteiger charge is 2.32. The summed E-state index contributed by atoms with van der Waals surface area (Å²) in [5.74, 6) is 0.927. The molecule has 0 radical (unpaired) electrons. The topological polar surface area (TPSA) is 34.9 Å². The van der Waals surface area contributed by atoms with Crippen LogP contribution in [0.3, 0.4) is 0 Å². The smallest absolute Gasteiger partial charge is 0.325 e. The maximum atomic E-state index is 12.3. The summed E-state index contributed by atoms with van der Waals surface area (Å²) in [5.41, 5.74) is 0.132. The first kappa shape index (κ1) is 16.1. The van der Waals surface area contributed by atoms with E-state index < -0.39 is 11.2 Å². The summed E-state index contributed by atoms with van der Waals surface area (Å²) >= 11 is 6.56. The number of aromatic nitrogens is 2. The lowest BCUT2D eigenvalue weighted by atomic mass is 10.3. The second-order valence-corrected chi connectivity index (χ2v) is 5.30. The molecule has 19 heavy (non-hydrogen) atoms. The van der Waals surface area contributed by atoms with E-state index in [0.29, 0.717) is 0 Å². The molecule has 0 aromatic carbocycles. The van der Waals surface area contributed by atoms with E-state index in [9.17, 15) is 18.0 Å². The Kier molecular flexibility index (Phi) is 5.49. The van der Waals surface area contributed by atoms with E-state index in [-0.39, 0.29) is 23.1 Å². The molecule has 106 valence electrons. The first-order chi connectivity index (χ1) is 8.77. The molecule has 0 N–H and O–H groups in total. The van der Waals surface area contributed by atoms with Crippen LogP contribution in [-0.2, 0) is 7.05 Å². The summed E-state index contributed by atoms with van der Waals surface area (Å²) in [6, 6.07) is 0. The maximum Gasteiger partial charge on any atom is 0.427 e. The van der Waals surface area contributed by atoms with E-state index >= 15 is 0 Å². The molecule has 0 bridgehead atoms. The van der Waals surface area contributed by atoms with Gasteiger partial charge in [0.2, 0.25) is 5.78 Å². The number of thioether (sulfide) groups is 1. The Morgan fingerprint density at radius 1 is 1.58 bits per heavy atom. The number of Topliss-reactive ketones (excluding diaryl/α,β-unsaturated/α-hetero) is 1. The number of nitrogens with zero attached hydrogens (tertiary/aromatic N) is 2. The molecule has 1 aromatic heterocycles. The minimum Gasteiger partial charge on any atom is -0.325 e. The fourth-order valence-corrected chi connectivity index (χ4v) is 1.92. The SMILES string of the molecule is CCSCC(=O)c1ncc(/C=C(\Cl)C(F)(F)F)n1C. The van der Waals surface area contributed by atoms with Crippen molar-refractivity contribution in [1.29, 1.82) is 0 Å². The van der Waals surface area contributed by atoms with Gasteiger partial charge in [-0.1, -0.05) is 18.5 Å². The molecule has 0 atom stereocenters. The van der Waals surface area contributed by atoms with Gasteiger partial charge in [-0.3, -0.25) is 4.79 Å². The first-order valence-electron chi connectivity index (χ1n) is 5.34. The van der Waals surface area contributed by atoms with Crippen molar-refractivity contribution in [1.82, 2.24) is 9.55 Å². The van der Waals surface area contributed by atoms with E-state index in [1.807, 2.05) is 6.92 Å². The van der Waals surface area contributed by atoms with Crippen LogP contribution in [0.1, 0.15) is 23.2 Å². The number of hydrogen-bond donors (Lipinski definition) is 0. The summed E-state index contributed by atoms with van der Waals surface area (Å²) in [4.78, 5) is 15.6. The molecule has 0 aliphatic heterocycles. The van der Waals surface area contributed by atoms with Crippen LogP contribution in [0.15, 0.2) is 11.2 Å². The molecular formula is C11H12ClF3N2OS. The zero-order valence-corrected chi connectivity index (χ0v) is 11.9. The van der Waals surface area contributed by atoms with E-state index in [1.165, 1.54) is 29.6 Å². The van der Waals surface area contributed by atoms with Crippen molar-refractivity contribution in [2.75, 3.05) is 11.5 Å². The largest absolute Gasteiger partial charge is 0.427 e. The van der Waals surface area contributed by atoms with Crippen LogP contribution < -0.4 is 0 Å². The molecule has 1 heterocycles. The standard InChI is InChI=1S/C11H12ClF3N2OS/c1-3-19-6-8(18)10-16-5-7(17(10)2)4-9(12)11(13,14)15/h4-5H,3,6H2,1-2H3/b9-4-. The van der Waals surface area contributed by atoms with Crippen molar-refractivity contribution in [3.05, 3.63) is 22.7 Å². The van der Waals surface area contributed by atoms with Crippen LogP contribution in [0, 0.1) is 0 Å². The van der Waals surface area contributed by atoms with E-state index in [2.05, 4.69) is 4.98 Å². The number of rotatable bonds is 5. The second-order valence-electron chi connectivity index (χ2n) is 3.62. The molecule has 0 amide bonds. The number of carbonyl (C=O) groups excluding carboxylic acids is 1. The third kappa shape index (κ3) is 4.28. The summed E-state index contributed by atoms with van der Waals surface area (Å²) in [6.07, 6.45) is -2.66. The lowest BCUT2D eigenvalue weighted by Crippen LogP contribution is -2.11. The number of imidazole rings is 1. The van der Waals surface area contributed by atoms with Gasteiger partial charge in [-0.05, 0) is 11.8 Å². The molecular weight excluding hydrogens is 301 g/mol. The zero-order valence-electron chi connectivity index (χ0n) is 10.3. The predicted molar refractivity (Wildman–Crippen MR) is 70.4 cm³/mol. The van der Waals surface area contributed by atoms with Crippen LogP contribution in [0.25, 0.3) is 6.08 Å². The number of carbonyl (C=O) groups is 1. The molecule has 0 unspecified atom stereocenters. The highest BCUT2D eigenvalue weighted by atomic mass is 35.5. The third-order valence-electron chi connectivity index (χ3n) is 2.26. The van der Waals surface area contributed by atoms with Gasteiger partial charge in [0.25, 0.3) is 0 Å². The van der Waals surface area contributed by atoms with Gasteiger partial charge in [-0.15, -0.1) is 0 Å².